The number of piperazine rings is 1. The fourth-order valence-electron chi connectivity index (χ4n) is 2.68. The van der Waals surface area contributed by atoms with Crippen LogP contribution in [0.3, 0.4) is 0 Å². The van der Waals surface area contributed by atoms with Gasteiger partial charge in [0.15, 0.2) is 0 Å². The van der Waals surface area contributed by atoms with Crippen LogP contribution in [0, 0.1) is 0 Å². The highest BCUT2D eigenvalue weighted by atomic mass is 32.2. The van der Waals surface area contributed by atoms with Gasteiger partial charge in [0.1, 0.15) is 6.54 Å². The molecule has 0 atom stereocenters. The van der Waals surface area contributed by atoms with Crippen molar-refractivity contribution in [2.45, 2.75) is 24.8 Å². The average molecular weight is 330 g/mol. The highest BCUT2D eigenvalue weighted by Crippen LogP contribution is 2.14. The van der Waals surface area contributed by atoms with Crippen LogP contribution in [0.25, 0.3) is 0 Å². The number of thioether (sulfide) groups is 1. The largest absolute Gasteiger partial charge is 0.329 e. The summed E-state index contributed by atoms with van der Waals surface area (Å²) in [6.07, 6.45) is 2.77. The predicted octanol–water partition coefficient (Wildman–Crippen LogP) is 0.849. The zero-order chi connectivity index (χ0) is 15.3. The minimum Gasteiger partial charge on any atom is -0.329 e. The molecule has 0 bridgehead atoms. The summed E-state index contributed by atoms with van der Waals surface area (Å²) in [5.41, 5.74) is 1.33. The lowest BCUT2D eigenvalue weighted by Crippen LogP contribution is -3.13. The van der Waals surface area contributed by atoms with E-state index >= 15 is 0 Å². The van der Waals surface area contributed by atoms with Crippen LogP contribution in [0.2, 0.25) is 0 Å². The van der Waals surface area contributed by atoms with Crippen molar-refractivity contribution in [3.63, 3.8) is 0 Å². The van der Waals surface area contributed by atoms with Crippen molar-refractivity contribution in [2.24, 2.45) is 0 Å². The average Bonchev–Trinajstić information content (AvgIpc) is 2.48. The highest BCUT2D eigenvalue weighted by molar-refractivity contribution is 7.98. The second-order valence-electron chi connectivity index (χ2n) is 5.49. The first-order chi connectivity index (χ1) is 10.0. The Balaban J connectivity index is 1.86. The second-order valence-corrected chi connectivity index (χ2v) is 8.46. The Morgan fingerprint density at radius 3 is 2.33 bits per heavy atom. The summed E-state index contributed by atoms with van der Waals surface area (Å²) in [5, 5.41) is 0. The molecule has 0 amide bonds. The molecule has 0 unspecified atom stereocenters. The molecule has 0 radical (unpaired) electrons. The second kappa shape index (κ2) is 7.63. The van der Waals surface area contributed by atoms with Gasteiger partial charge in [0.25, 0.3) is 0 Å². The topological polar surface area (TPSA) is 41.8 Å². The van der Waals surface area contributed by atoms with Gasteiger partial charge in [-0.15, -0.1) is 11.8 Å². The first kappa shape index (κ1) is 16.8. The summed E-state index contributed by atoms with van der Waals surface area (Å²) in [6.45, 7) is 6.00. The molecule has 1 N–H and O–H groups in total. The Morgan fingerprint density at radius 2 is 1.81 bits per heavy atom. The molecular formula is C15H25N2O2S2+. The van der Waals surface area contributed by atoms with Crippen molar-refractivity contribution >= 4 is 21.8 Å². The third-order valence-electron chi connectivity index (χ3n) is 3.90. The van der Waals surface area contributed by atoms with E-state index in [9.17, 15) is 8.42 Å². The van der Waals surface area contributed by atoms with Gasteiger partial charge >= 0.3 is 0 Å². The highest BCUT2D eigenvalue weighted by Gasteiger charge is 2.28. The van der Waals surface area contributed by atoms with Gasteiger partial charge in [-0.05, 0) is 24.8 Å². The number of quaternary nitrogens is 1. The van der Waals surface area contributed by atoms with Crippen LogP contribution in [0.1, 0.15) is 18.9 Å². The molecule has 2 rings (SSSR count). The van der Waals surface area contributed by atoms with E-state index in [2.05, 4.69) is 30.5 Å². The normalized spacial score (nSPS) is 18.0. The number of nitrogens with one attached hydrogen (secondary N) is 1. The molecule has 0 saturated carbocycles. The molecular weight excluding hydrogens is 304 g/mol. The van der Waals surface area contributed by atoms with Crippen molar-refractivity contribution in [2.75, 3.05) is 38.2 Å². The Hall–Kier alpha value is -0.560. The van der Waals surface area contributed by atoms with Gasteiger partial charge in [-0.2, -0.15) is 4.31 Å². The fourth-order valence-corrected chi connectivity index (χ4v) is 4.60. The Kier molecular flexibility index (Phi) is 6.10. The van der Waals surface area contributed by atoms with Crippen molar-refractivity contribution in [1.82, 2.24) is 4.31 Å². The molecule has 0 spiro atoms. The van der Waals surface area contributed by atoms with Crippen LogP contribution in [-0.4, -0.2) is 50.9 Å². The summed E-state index contributed by atoms with van der Waals surface area (Å²) in [6, 6.07) is 8.67. The molecule has 1 saturated heterocycles. The molecule has 4 nitrogen and oxygen atoms in total. The number of rotatable bonds is 6. The molecule has 1 aliphatic rings. The molecule has 1 aromatic rings. The summed E-state index contributed by atoms with van der Waals surface area (Å²) in [5.74, 6) is 0.276. The number of hydrogen-bond donors (Lipinski definition) is 1. The number of hydrogen-bond acceptors (Lipinski definition) is 3. The van der Waals surface area contributed by atoms with E-state index in [4.69, 9.17) is 0 Å². The zero-order valence-corrected chi connectivity index (χ0v) is 14.5. The van der Waals surface area contributed by atoms with Gasteiger partial charge in [-0.1, -0.05) is 19.1 Å². The lowest BCUT2D eigenvalue weighted by Gasteiger charge is -2.31. The van der Waals surface area contributed by atoms with Crippen LogP contribution < -0.4 is 4.90 Å². The van der Waals surface area contributed by atoms with E-state index in [0.29, 0.717) is 19.5 Å². The number of benzene rings is 1. The third-order valence-corrected chi connectivity index (χ3v) is 6.72. The number of sulfonamides is 1. The smallest absolute Gasteiger partial charge is 0.214 e. The monoisotopic (exact) mass is 329 g/mol. The SMILES string of the molecule is CCCS(=O)(=O)N1CC[NH+](Cc2ccc(SC)cc2)CC1. The predicted molar refractivity (Wildman–Crippen MR) is 88.3 cm³/mol. The minimum atomic E-state index is -3.02. The van der Waals surface area contributed by atoms with E-state index in [0.717, 1.165) is 19.6 Å². The number of nitrogens with zero attached hydrogens (tertiary/aromatic N) is 1. The Labute approximate surface area is 132 Å². The summed E-state index contributed by atoms with van der Waals surface area (Å²) in [7, 11) is -3.02. The maximum Gasteiger partial charge on any atom is 0.214 e. The molecule has 21 heavy (non-hydrogen) atoms. The summed E-state index contributed by atoms with van der Waals surface area (Å²) >= 11 is 1.75. The van der Waals surface area contributed by atoms with Gasteiger partial charge in [0, 0.05) is 10.5 Å². The van der Waals surface area contributed by atoms with Crippen LogP contribution in [0.15, 0.2) is 29.2 Å². The van der Waals surface area contributed by atoms with Gasteiger partial charge < -0.3 is 4.90 Å². The molecule has 6 heteroatoms. The van der Waals surface area contributed by atoms with Crippen LogP contribution in [0.5, 0.6) is 0 Å². The fraction of sp³-hybridized carbons (Fsp3) is 0.600. The van der Waals surface area contributed by atoms with Crippen LogP contribution in [0.4, 0.5) is 0 Å². The van der Waals surface area contributed by atoms with Gasteiger partial charge in [-0.25, -0.2) is 8.42 Å². The Bertz CT molecular complexity index is 535. The lowest BCUT2D eigenvalue weighted by molar-refractivity contribution is -0.917. The molecule has 118 valence electrons. The third kappa shape index (κ3) is 4.71. The summed E-state index contributed by atoms with van der Waals surface area (Å²) in [4.78, 5) is 2.75. The minimum absolute atomic E-state index is 0.276. The summed E-state index contributed by atoms with van der Waals surface area (Å²) < 4.78 is 25.7. The van der Waals surface area contributed by atoms with Crippen molar-refractivity contribution < 1.29 is 13.3 Å². The van der Waals surface area contributed by atoms with E-state index < -0.39 is 10.0 Å². The molecule has 1 aliphatic heterocycles. The van der Waals surface area contributed by atoms with Gasteiger partial charge in [-0.3, -0.25) is 0 Å². The Morgan fingerprint density at radius 1 is 1.19 bits per heavy atom. The van der Waals surface area contributed by atoms with Crippen molar-refractivity contribution in [1.29, 1.82) is 0 Å². The molecule has 1 heterocycles. The molecule has 0 aromatic heterocycles. The zero-order valence-electron chi connectivity index (χ0n) is 12.8. The maximum atomic E-state index is 12.0. The van der Waals surface area contributed by atoms with E-state index in [1.54, 1.807) is 16.1 Å². The van der Waals surface area contributed by atoms with E-state index in [1.165, 1.54) is 15.4 Å². The van der Waals surface area contributed by atoms with E-state index in [1.807, 2.05) is 6.92 Å². The van der Waals surface area contributed by atoms with Crippen LogP contribution in [-0.2, 0) is 16.6 Å². The van der Waals surface area contributed by atoms with E-state index in [-0.39, 0.29) is 5.75 Å². The van der Waals surface area contributed by atoms with Crippen molar-refractivity contribution in [3.05, 3.63) is 29.8 Å². The quantitative estimate of drug-likeness (QED) is 0.787. The lowest BCUT2D eigenvalue weighted by atomic mass is 10.2. The maximum absolute atomic E-state index is 12.0. The first-order valence-corrected chi connectivity index (χ1v) is 10.3. The van der Waals surface area contributed by atoms with Gasteiger partial charge in [0.05, 0.1) is 31.9 Å². The standard InChI is InChI=1S/C15H24N2O2S2/c1-3-12-21(18,19)17-10-8-16(9-11-17)13-14-4-6-15(20-2)7-5-14/h4-7H,3,8-13H2,1-2H3/p+1. The first-order valence-electron chi connectivity index (χ1n) is 7.49. The van der Waals surface area contributed by atoms with Crippen molar-refractivity contribution in [3.8, 4) is 0 Å². The molecule has 1 aromatic carbocycles. The van der Waals surface area contributed by atoms with Crippen LogP contribution >= 0.6 is 11.8 Å². The van der Waals surface area contributed by atoms with Gasteiger partial charge in [0.2, 0.25) is 10.0 Å². The molecule has 0 aliphatic carbocycles. The molecule has 1 fully saturated rings.